The van der Waals surface area contributed by atoms with Crippen LogP contribution in [-0.4, -0.2) is 15.9 Å². The molecule has 0 amide bonds. The van der Waals surface area contributed by atoms with Crippen molar-refractivity contribution >= 4 is 21.9 Å². The van der Waals surface area contributed by atoms with Gasteiger partial charge in [0.2, 0.25) is 0 Å². The van der Waals surface area contributed by atoms with Crippen LogP contribution in [0.4, 0.5) is 0 Å². The molecule has 0 saturated heterocycles. The van der Waals surface area contributed by atoms with Crippen molar-refractivity contribution < 1.29 is 9.90 Å². The van der Waals surface area contributed by atoms with E-state index in [2.05, 4.69) is 15.9 Å². The summed E-state index contributed by atoms with van der Waals surface area (Å²) in [4.78, 5) is 11.2. The number of alkyl halides is 1. The fourth-order valence-electron chi connectivity index (χ4n) is 1.39. The highest BCUT2D eigenvalue weighted by atomic mass is 79.9. The predicted molar refractivity (Wildman–Crippen MR) is 59.8 cm³/mol. The van der Waals surface area contributed by atoms with E-state index in [4.69, 9.17) is 5.11 Å². The zero-order valence-electron chi connectivity index (χ0n) is 7.98. The van der Waals surface area contributed by atoms with Gasteiger partial charge in [0.25, 0.3) is 0 Å². The number of hydrogen-bond acceptors (Lipinski definition) is 1. The van der Waals surface area contributed by atoms with Gasteiger partial charge < -0.3 is 5.11 Å². The molecule has 14 heavy (non-hydrogen) atoms. The van der Waals surface area contributed by atoms with Crippen LogP contribution < -0.4 is 0 Å². The van der Waals surface area contributed by atoms with Gasteiger partial charge in [0.15, 0.2) is 0 Å². The van der Waals surface area contributed by atoms with E-state index < -0.39 is 11.9 Å². The number of aliphatic carboxylic acids is 1. The summed E-state index contributed by atoms with van der Waals surface area (Å²) in [5.74, 6) is -1.17. The molecule has 1 N–H and O–H groups in total. The van der Waals surface area contributed by atoms with Gasteiger partial charge in [-0.1, -0.05) is 53.2 Å². The zero-order chi connectivity index (χ0) is 10.6. The van der Waals surface area contributed by atoms with E-state index in [1.165, 1.54) is 0 Å². The molecule has 1 rings (SSSR count). The minimum atomic E-state index is -0.762. The predicted octanol–water partition coefficient (Wildman–Crippen LogP) is 3.03. The largest absolute Gasteiger partial charge is 0.481 e. The van der Waals surface area contributed by atoms with Gasteiger partial charge in [0.05, 0.1) is 5.92 Å². The first-order chi connectivity index (χ1) is 6.61. The molecule has 3 heteroatoms. The number of benzene rings is 1. The van der Waals surface area contributed by atoms with Crippen molar-refractivity contribution in [3.8, 4) is 0 Å². The van der Waals surface area contributed by atoms with Gasteiger partial charge in [0.1, 0.15) is 0 Å². The molecule has 0 aliphatic heterocycles. The van der Waals surface area contributed by atoms with Gasteiger partial charge >= 0.3 is 5.97 Å². The number of carboxylic acids is 1. The summed E-state index contributed by atoms with van der Waals surface area (Å²) in [6.07, 6.45) is 0.610. The fraction of sp³-hybridized carbons (Fsp3) is 0.364. The minimum Gasteiger partial charge on any atom is -0.481 e. The van der Waals surface area contributed by atoms with E-state index in [1.54, 1.807) is 0 Å². The number of rotatable bonds is 4. The Morgan fingerprint density at radius 3 is 2.43 bits per heavy atom. The Hall–Kier alpha value is -0.830. The van der Waals surface area contributed by atoms with Gasteiger partial charge in [-0.05, 0) is 12.0 Å². The molecule has 0 aliphatic rings. The van der Waals surface area contributed by atoms with Crippen LogP contribution in [-0.2, 0) is 4.79 Å². The van der Waals surface area contributed by atoms with Crippen molar-refractivity contribution in [2.45, 2.75) is 24.1 Å². The summed E-state index contributed by atoms with van der Waals surface area (Å²) >= 11 is 3.38. The van der Waals surface area contributed by atoms with E-state index in [0.717, 1.165) is 5.56 Å². The van der Waals surface area contributed by atoms with Crippen LogP contribution in [0.1, 0.15) is 24.8 Å². The van der Waals surface area contributed by atoms with Crippen molar-refractivity contribution in [2.75, 3.05) is 0 Å². The van der Waals surface area contributed by atoms with Crippen LogP contribution in [0.25, 0.3) is 0 Å². The molecule has 2 nitrogen and oxygen atoms in total. The molecule has 1 aromatic rings. The van der Waals surface area contributed by atoms with Gasteiger partial charge in [-0.2, -0.15) is 0 Å². The summed E-state index contributed by atoms with van der Waals surface area (Å²) in [5, 5.41) is 9.05. The molecule has 2 atom stereocenters. The Bertz CT molecular complexity index is 295. The van der Waals surface area contributed by atoms with Crippen LogP contribution in [0.5, 0.6) is 0 Å². The van der Waals surface area contributed by atoms with Crippen molar-refractivity contribution in [2.24, 2.45) is 0 Å². The van der Waals surface area contributed by atoms with Gasteiger partial charge in [-0.15, -0.1) is 0 Å². The summed E-state index contributed by atoms with van der Waals surface area (Å²) in [6.45, 7) is 1.96. The Kier molecular flexibility index (Phi) is 4.14. The fourth-order valence-corrected chi connectivity index (χ4v) is 1.76. The quantitative estimate of drug-likeness (QED) is 0.842. The van der Waals surface area contributed by atoms with Crippen LogP contribution in [0.15, 0.2) is 30.3 Å². The maximum absolute atomic E-state index is 11.0. The lowest BCUT2D eigenvalue weighted by molar-refractivity contribution is -0.138. The number of halogens is 1. The smallest absolute Gasteiger partial charge is 0.311 e. The van der Waals surface area contributed by atoms with Crippen molar-refractivity contribution in [3.05, 3.63) is 35.9 Å². The maximum atomic E-state index is 11.0. The van der Waals surface area contributed by atoms with E-state index in [-0.39, 0.29) is 4.83 Å². The lowest BCUT2D eigenvalue weighted by atomic mass is 9.95. The molecular weight excluding hydrogens is 244 g/mol. The third-order valence-electron chi connectivity index (χ3n) is 2.06. The van der Waals surface area contributed by atoms with Crippen LogP contribution in [0, 0.1) is 0 Å². The Morgan fingerprint density at radius 1 is 1.43 bits per heavy atom. The molecule has 2 unspecified atom stereocenters. The molecule has 0 fully saturated rings. The van der Waals surface area contributed by atoms with Gasteiger partial charge in [-0.3, -0.25) is 4.79 Å². The highest BCUT2D eigenvalue weighted by Crippen LogP contribution is 2.24. The topological polar surface area (TPSA) is 37.3 Å². The van der Waals surface area contributed by atoms with Crippen molar-refractivity contribution in [1.82, 2.24) is 0 Å². The second-order valence-electron chi connectivity index (χ2n) is 3.32. The third kappa shape index (κ3) is 3.14. The second-order valence-corrected chi connectivity index (χ2v) is 4.88. The summed E-state index contributed by atoms with van der Waals surface area (Å²) in [5.41, 5.74) is 0.867. The molecule has 1 aromatic carbocycles. The molecule has 0 bridgehead atoms. The Labute approximate surface area is 92.1 Å². The second kappa shape index (κ2) is 5.15. The first-order valence-electron chi connectivity index (χ1n) is 4.53. The normalized spacial score (nSPS) is 14.7. The number of carbonyl (C=O) groups is 1. The lowest BCUT2D eigenvalue weighted by Gasteiger charge is -2.13. The van der Waals surface area contributed by atoms with E-state index >= 15 is 0 Å². The molecule has 0 aromatic heterocycles. The van der Waals surface area contributed by atoms with Crippen LogP contribution >= 0.6 is 15.9 Å². The molecule has 0 spiro atoms. The van der Waals surface area contributed by atoms with Crippen LogP contribution in [0.3, 0.4) is 0 Å². The first kappa shape index (κ1) is 11.2. The third-order valence-corrected chi connectivity index (χ3v) is 2.43. The molecule has 76 valence electrons. The molecule has 0 saturated carbocycles. The SMILES string of the molecule is CC(Br)CC(C(=O)O)c1ccccc1. The average molecular weight is 257 g/mol. The zero-order valence-corrected chi connectivity index (χ0v) is 9.57. The average Bonchev–Trinajstić information content (AvgIpc) is 2.15. The summed E-state index contributed by atoms with van der Waals surface area (Å²) in [6, 6.07) is 9.33. The standard InChI is InChI=1S/C11H13BrO2/c1-8(12)7-10(11(13)14)9-5-3-2-4-6-9/h2-6,8,10H,7H2,1H3,(H,13,14). The number of hydrogen-bond donors (Lipinski definition) is 1. The molecule has 0 aliphatic carbocycles. The summed E-state index contributed by atoms with van der Waals surface area (Å²) < 4.78 is 0. The maximum Gasteiger partial charge on any atom is 0.311 e. The molecule has 0 heterocycles. The van der Waals surface area contributed by atoms with E-state index in [1.807, 2.05) is 37.3 Å². The van der Waals surface area contributed by atoms with Gasteiger partial charge in [-0.25, -0.2) is 0 Å². The van der Waals surface area contributed by atoms with E-state index in [9.17, 15) is 4.79 Å². The summed E-state index contributed by atoms with van der Waals surface area (Å²) in [7, 11) is 0. The minimum absolute atomic E-state index is 0.212. The van der Waals surface area contributed by atoms with Crippen molar-refractivity contribution in [1.29, 1.82) is 0 Å². The highest BCUT2D eigenvalue weighted by molar-refractivity contribution is 9.09. The Morgan fingerprint density at radius 2 is 2.00 bits per heavy atom. The lowest BCUT2D eigenvalue weighted by Crippen LogP contribution is -2.14. The van der Waals surface area contributed by atoms with Crippen molar-refractivity contribution in [3.63, 3.8) is 0 Å². The Balaban J connectivity index is 2.84. The van der Waals surface area contributed by atoms with Crippen LogP contribution in [0.2, 0.25) is 0 Å². The van der Waals surface area contributed by atoms with Gasteiger partial charge in [0, 0.05) is 4.83 Å². The monoisotopic (exact) mass is 256 g/mol. The highest BCUT2D eigenvalue weighted by Gasteiger charge is 2.20. The first-order valence-corrected chi connectivity index (χ1v) is 5.44. The molecular formula is C11H13BrO2. The van der Waals surface area contributed by atoms with E-state index in [0.29, 0.717) is 6.42 Å². The molecule has 0 radical (unpaired) electrons. The number of carboxylic acid groups (broad SMARTS) is 1.